The Morgan fingerprint density at radius 3 is 2.75 bits per heavy atom. The molecule has 1 saturated heterocycles. The van der Waals surface area contributed by atoms with Gasteiger partial charge in [0.05, 0.1) is 0 Å². The Bertz CT molecular complexity index is 435. The van der Waals surface area contributed by atoms with Crippen LogP contribution in [0.4, 0.5) is 4.39 Å². The lowest BCUT2D eigenvalue weighted by molar-refractivity contribution is 0.0716. The number of piperazine rings is 1. The standard InChI is InChI=1S/C17H27FN2/c1-4-8-15-11-19-17(3,5-2)13-20(15)12-14-9-6-7-10-16(14)18/h6-7,9-10,15,19H,4-5,8,11-13H2,1-3H3. The molecule has 1 aromatic carbocycles. The number of hydrogen-bond acceptors (Lipinski definition) is 2. The molecule has 3 heteroatoms. The molecule has 2 rings (SSSR count). The van der Waals surface area contributed by atoms with Crippen molar-refractivity contribution in [1.82, 2.24) is 10.2 Å². The van der Waals surface area contributed by atoms with Gasteiger partial charge in [0.15, 0.2) is 0 Å². The Hall–Kier alpha value is -0.930. The third-order valence-corrected chi connectivity index (χ3v) is 4.57. The summed E-state index contributed by atoms with van der Waals surface area (Å²) in [6.07, 6.45) is 3.43. The van der Waals surface area contributed by atoms with Crippen LogP contribution in [0.5, 0.6) is 0 Å². The van der Waals surface area contributed by atoms with Gasteiger partial charge in [-0.1, -0.05) is 38.5 Å². The number of hydrogen-bond donors (Lipinski definition) is 1. The molecule has 1 heterocycles. The molecule has 112 valence electrons. The van der Waals surface area contributed by atoms with E-state index < -0.39 is 0 Å². The van der Waals surface area contributed by atoms with Crippen molar-refractivity contribution in [2.24, 2.45) is 0 Å². The van der Waals surface area contributed by atoms with Crippen LogP contribution in [0.15, 0.2) is 24.3 Å². The summed E-state index contributed by atoms with van der Waals surface area (Å²) in [5.74, 6) is -0.0838. The van der Waals surface area contributed by atoms with Crippen LogP contribution in [0.3, 0.4) is 0 Å². The smallest absolute Gasteiger partial charge is 0.127 e. The Kier molecular flexibility index (Phi) is 5.17. The van der Waals surface area contributed by atoms with E-state index in [2.05, 4.69) is 31.0 Å². The Morgan fingerprint density at radius 1 is 1.35 bits per heavy atom. The third kappa shape index (κ3) is 3.58. The average molecular weight is 278 g/mol. The van der Waals surface area contributed by atoms with Crippen LogP contribution < -0.4 is 5.32 Å². The molecule has 0 aliphatic carbocycles. The minimum atomic E-state index is -0.0838. The van der Waals surface area contributed by atoms with Crippen molar-refractivity contribution in [1.29, 1.82) is 0 Å². The monoisotopic (exact) mass is 278 g/mol. The van der Waals surface area contributed by atoms with E-state index in [9.17, 15) is 4.39 Å². The maximum atomic E-state index is 13.9. The van der Waals surface area contributed by atoms with Gasteiger partial charge in [-0.25, -0.2) is 4.39 Å². The summed E-state index contributed by atoms with van der Waals surface area (Å²) in [5, 5.41) is 3.68. The summed E-state index contributed by atoms with van der Waals surface area (Å²) >= 11 is 0. The summed E-state index contributed by atoms with van der Waals surface area (Å²) in [5.41, 5.74) is 0.962. The first-order valence-corrected chi connectivity index (χ1v) is 7.80. The lowest BCUT2D eigenvalue weighted by atomic mass is 9.92. The second kappa shape index (κ2) is 6.68. The van der Waals surface area contributed by atoms with Crippen molar-refractivity contribution in [2.75, 3.05) is 13.1 Å². The van der Waals surface area contributed by atoms with Gasteiger partial charge in [-0.05, 0) is 25.8 Å². The van der Waals surface area contributed by atoms with Gasteiger partial charge in [0.2, 0.25) is 0 Å². The average Bonchev–Trinajstić information content (AvgIpc) is 2.45. The second-order valence-corrected chi connectivity index (χ2v) is 6.23. The largest absolute Gasteiger partial charge is 0.309 e. The summed E-state index contributed by atoms with van der Waals surface area (Å²) in [4.78, 5) is 2.46. The van der Waals surface area contributed by atoms with Crippen LogP contribution in [0.1, 0.15) is 45.6 Å². The Morgan fingerprint density at radius 2 is 2.10 bits per heavy atom. The summed E-state index contributed by atoms with van der Waals surface area (Å²) < 4.78 is 13.9. The molecular formula is C17H27FN2. The molecule has 2 nitrogen and oxygen atoms in total. The van der Waals surface area contributed by atoms with Crippen LogP contribution in [0, 0.1) is 5.82 Å². The maximum Gasteiger partial charge on any atom is 0.127 e. The van der Waals surface area contributed by atoms with E-state index in [1.807, 2.05) is 12.1 Å². The van der Waals surface area contributed by atoms with Gasteiger partial charge in [0.1, 0.15) is 5.82 Å². The SMILES string of the molecule is CCCC1CNC(C)(CC)CN1Cc1ccccc1F. The fourth-order valence-corrected chi connectivity index (χ4v) is 3.01. The number of nitrogens with zero attached hydrogens (tertiary/aromatic N) is 1. The highest BCUT2D eigenvalue weighted by Crippen LogP contribution is 2.23. The molecule has 1 aliphatic heterocycles. The number of rotatable bonds is 5. The highest BCUT2D eigenvalue weighted by atomic mass is 19.1. The lowest BCUT2D eigenvalue weighted by Gasteiger charge is -2.46. The predicted molar refractivity (Wildman–Crippen MR) is 82.2 cm³/mol. The quantitative estimate of drug-likeness (QED) is 0.886. The van der Waals surface area contributed by atoms with Gasteiger partial charge in [0, 0.05) is 36.8 Å². The van der Waals surface area contributed by atoms with Gasteiger partial charge >= 0.3 is 0 Å². The molecule has 1 fully saturated rings. The molecule has 0 bridgehead atoms. The van der Waals surface area contributed by atoms with E-state index in [4.69, 9.17) is 0 Å². The molecule has 1 N–H and O–H groups in total. The highest BCUT2D eigenvalue weighted by Gasteiger charge is 2.34. The minimum absolute atomic E-state index is 0.0838. The van der Waals surface area contributed by atoms with Crippen molar-refractivity contribution in [3.8, 4) is 0 Å². The molecule has 1 aromatic rings. The maximum absolute atomic E-state index is 13.9. The van der Waals surface area contributed by atoms with Crippen molar-refractivity contribution in [3.05, 3.63) is 35.6 Å². The fraction of sp³-hybridized carbons (Fsp3) is 0.647. The third-order valence-electron chi connectivity index (χ3n) is 4.57. The summed E-state index contributed by atoms with van der Waals surface area (Å²) in [6.45, 7) is 9.41. The lowest BCUT2D eigenvalue weighted by Crippen LogP contribution is -2.62. The van der Waals surface area contributed by atoms with Crippen molar-refractivity contribution in [3.63, 3.8) is 0 Å². The first kappa shape index (κ1) is 15.5. The van der Waals surface area contributed by atoms with E-state index in [0.717, 1.165) is 25.1 Å². The first-order valence-electron chi connectivity index (χ1n) is 7.80. The Balaban J connectivity index is 2.13. The number of halogens is 1. The molecule has 20 heavy (non-hydrogen) atoms. The van der Waals surface area contributed by atoms with Gasteiger partial charge in [-0.2, -0.15) is 0 Å². The molecule has 2 unspecified atom stereocenters. The zero-order valence-electron chi connectivity index (χ0n) is 13.0. The van der Waals surface area contributed by atoms with Crippen LogP contribution in [0.25, 0.3) is 0 Å². The molecule has 0 amide bonds. The van der Waals surface area contributed by atoms with Crippen LogP contribution in [-0.2, 0) is 6.54 Å². The van der Waals surface area contributed by atoms with Gasteiger partial charge in [-0.3, -0.25) is 4.90 Å². The molecule has 0 aromatic heterocycles. The normalized spacial score (nSPS) is 27.7. The summed E-state index contributed by atoms with van der Waals surface area (Å²) in [6, 6.07) is 7.67. The van der Waals surface area contributed by atoms with Crippen molar-refractivity contribution < 1.29 is 4.39 Å². The van der Waals surface area contributed by atoms with Gasteiger partial charge < -0.3 is 5.32 Å². The predicted octanol–water partition coefficient (Wildman–Crippen LogP) is 3.57. The van der Waals surface area contributed by atoms with Gasteiger partial charge in [-0.15, -0.1) is 0 Å². The zero-order chi connectivity index (χ0) is 14.6. The first-order chi connectivity index (χ1) is 9.58. The molecule has 0 saturated carbocycles. The van der Waals surface area contributed by atoms with E-state index in [0.29, 0.717) is 12.6 Å². The molecular weight excluding hydrogens is 251 g/mol. The number of benzene rings is 1. The molecule has 0 radical (unpaired) electrons. The molecule has 1 aliphatic rings. The molecule has 2 atom stereocenters. The molecule has 0 spiro atoms. The Labute approximate surface area is 122 Å². The van der Waals surface area contributed by atoms with E-state index in [1.165, 1.54) is 12.8 Å². The van der Waals surface area contributed by atoms with Crippen LogP contribution >= 0.6 is 0 Å². The van der Waals surface area contributed by atoms with E-state index in [1.54, 1.807) is 12.1 Å². The van der Waals surface area contributed by atoms with Gasteiger partial charge in [0.25, 0.3) is 0 Å². The van der Waals surface area contributed by atoms with Crippen molar-refractivity contribution >= 4 is 0 Å². The second-order valence-electron chi connectivity index (χ2n) is 6.23. The van der Waals surface area contributed by atoms with Crippen LogP contribution in [-0.4, -0.2) is 29.6 Å². The minimum Gasteiger partial charge on any atom is -0.309 e. The topological polar surface area (TPSA) is 15.3 Å². The number of nitrogens with one attached hydrogen (secondary N) is 1. The van der Waals surface area contributed by atoms with Crippen LogP contribution in [0.2, 0.25) is 0 Å². The summed E-state index contributed by atoms with van der Waals surface area (Å²) in [7, 11) is 0. The zero-order valence-corrected chi connectivity index (χ0v) is 13.0. The van der Waals surface area contributed by atoms with Crippen molar-refractivity contribution in [2.45, 2.75) is 58.2 Å². The highest BCUT2D eigenvalue weighted by molar-refractivity contribution is 5.17. The van der Waals surface area contributed by atoms with E-state index in [-0.39, 0.29) is 11.4 Å². The van der Waals surface area contributed by atoms with E-state index >= 15 is 0 Å². The fourth-order valence-electron chi connectivity index (χ4n) is 3.01.